The summed E-state index contributed by atoms with van der Waals surface area (Å²) in [4.78, 5) is 0. The zero-order valence-corrected chi connectivity index (χ0v) is 12.8. The van der Waals surface area contributed by atoms with Crippen LogP contribution in [-0.2, 0) is 11.3 Å². The zero-order chi connectivity index (χ0) is 13.9. The van der Waals surface area contributed by atoms with Gasteiger partial charge in [0.05, 0.1) is 6.61 Å². The highest BCUT2D eigenvalue weighted by molar-refractivity contribution is 5.15. The molecule has 0 fully saturated rings. The number of hydrogen-bond acceptors (Lipinski definition) is 2. The van der Waals surface area contributed by atoms with Gasteiger partial charge in [0.25, 0.3) is 0 Å². The van der Waals surface area contributed by atoms with Gasteiger partial charge in [-0.05, 0) is 37.4 Å². The summed E-state index contributed by atoms with van der Waals surface area (Å²) < 4.78 is 7.77. The highest BCUT2D eigenvalue weighted by Gasteiger charge is 2.10. The second kappa shape index (κ2) is 10.0. The maximum atomic E-state index is 5.53. The number of nitrogens with one attached hydrogen (secondary N) is 1. The number of nitrogens with zero attached hydrogens (tertiary/aromatic N) is 1. The van der Waals surface area contributed by atoms with E-state index in [1.54, 1.807) is 0 Å². The van der Waals surface area contributed by atoms with E-state index >= 15 is 0 Å². The average molecular weight is 266 g/mol. The smallest absolute Gasteiger partial charge is 0.0645 e. The van der Waals surface area contributed by atoms with Gasteiger partial charge >= 0.3 is 0 Å². The van der Waals surface area contributed by atoms with Gasteiger partial charge in [0.2, 0.25) is 0 Å². The van der Waals surface area contributed by atoms with Crippen molar-refractivity contribution in [3.8, 4) is 0 Å². The fraction of sp³-hybridized carbons (Fsp3) is 0.750. The van der Waals surface area contributed by atoms with Crippen LogP contribution in [0.25, 0.3) is 0 Å². The summed E-state index contributed by atoms with van der Waals surface area (Å²) in [5.74, 6) is 0. The molecule has 0 bridgehead atoms. The van der Waals surface area contributed by atoms with Crippen molar-refractivity contribution in [3.05, 3.63) is 24.0 Å². The van der Waals surface area contributed by atoms with Gasteiger partial charge in [-0.3, -0.25) is 0 Å². The fourth-order valence-corrected chi connectivity index (χ4v) is 2.21. The molecule has 110 valence electrons. The highest BCUT2D eigenvalue weighted by atomic mass is 16.5. The molecule has 1 N–H and O–H groups in total. The predicted octanol–water partition coefficient (Wildman–Crippen LogP) is 3.76. The van der Waals surface area contributed by atoms with Crippen molar-refractivity contribution in [1.29, 1.82) is 0 Å². The maximum Gasteiger partial charge on any atom is 0.0645 e. The summed E-state index contributed by atoms with van der Waals surface area (Å²) in [7, 11) is 0. The lowest BCUT2D eigenvalue weighted by atomic mass is 10.1. The third kappa shape index (κ3) is 6.26. The Morgan fingerprint density at radius 2 is 2.00 bits per heavy atom. The van der Waals surface area contributed by atoms with E-state index in [-0.39, 0.29) is 0 Å². The van der Waals surface area contributed by atoms with Crippen LogP contribution in [0.5, 0.6) is 0 Å². The van der Waals surface area contributed by atoms with Crippen molar-refractivity contribution in [2.24, 2.45) is 0 Å². The first-order valence-corrected chi connectivity index (χ1v) is 7.78. The van der Waals surface area contributed by atoms with Gasteiger partial charge in [-0.2, -0.15) is 0 Å². The minimum Gasteiger partial charge on any atom is -0.380 e. The molecule has 1 atom stereocenters. The van der Waals surface area contributed by atoms with Crippen molar-refractivity contribution in [2.45, 2.75) is 59.0 Å². The molecule has 0 radical (unpaired) electrons. The van der Waals surface area contributed by atoms with Gasteiger partial charge in [0, 0.05) is 31.6 Å². The summed E-state index contributed by atoms with van der Waals surface area (Å²) in [6.45, 7) is 10.3. The van der Waals surface area contributed by atoms with Crippen LogP contribution < -0.4 is 5.32 Å². The van der Waals surface area contributed by atoms with Crippen LogP contribution in [-0.4, -0.2) is 24.3 Å². The minimum absolute atomic E-state index is 0.503. The number of hydrogen-bond donors (Lipinski definition) is 1. The first-order valence-electron chi connectivity index (χ1n) is 7.78. The lowest BCUT2D eigenvalue weighted by Crippen LogP contribution is -2.21. The van der Waals surface area contributed by atoms with E-state index < -0.39 is 0 Å². The van der Waals surface area contributed by atoms with Gasteiger partial charge in [0.15, 0.2) is 0 Å². The van der Waals surface area contributed by atoms with Crippen LogP contribution in [0.15, 0.2) is 18.5 Å². The molecule has 0 saturated heterocycles. The molecule has 0 aliphatic heterocycles. The second-order valence-corrected chi connectivity index (χ2v) is 5.09. The Balaban J connectivity index is 2.44. The molecular weight excluding hydrogens is 236 g/mol. The Hall–Kier alpha value is -0.800. The standard InChI is InChI=1S/C16H30N2O/c1-4-7-16(17-9-5-2)15-8-10-18(14-15)11-13-19-12-6-3/h8,10,14,16-17H,4-7,9,11-13H2,1-3H3. The molecule has 1 heterocycles. The van der Waals surface area contributed by atoms with Crippen LogP contribution in [0.1, 0.15) is 58.1 Å². The number of aromatic nitrogens is 1. The Bertz CT molecular complexity index is 322. The van der Waals surface area contributed by atoms with E-state index in [2.05, 4.69) is 49.1 Å². The summed E-state index contributed by atoms with van der Waals surface area (Å²) in [6, 6.07) is 2.74. The fourth-order valence-electron chi connectivity index (χ4n) is 2.21. The van der Waals surface area contributed by atoms with Crippen LogP contribution >= 0.6 is 0 Å². The molecule has 0 amide bonds. The van der Waals surface area contributed by atoms with Crippen LogP contribution in [0, 0.1) is 0 Å². The molecule has 1 unspecified atom stereocenters. The topological polar surface area (TPSA) is 26.2 Å². The lowest BCUT2D eigenvalue weighted by molar-refractivity contribution is 0.127. The summed E-state index contributed by atoms with van der Waals surface area (Å²) in [6.07, 6.45) is 9.13. The van der Waals surface area contributed by atoms with Crippen molar-refractivity contribution < 1.29 is 4.74 Å². The predicted molar refractivity (Wildman–Crippen MR) is 81.5 cm³/mol. The van der Waals surface area contributed by atoms with Gasteiger partial charge < -0.3 is 14.6 Å². The van der Waals surface area contributed by atoms with E-state index in [0.717, 1.165) is 32.7 Å². The monoisotopic (exact) mass is 266 g/mol. The maximum absolute atomic E-state index is 5.53. The molecule has 3 nitrogen and oxygen atoms in total. The van der Waals surface area contributed by atoms with Gasteiger partial charge in [-0.25, -0.2) is 0 Å². The molecule has 1 rings (SSSR count). The molecule has 19 heavy (non-hydrogen) atoms. The zero-order valence-electron chi connectivity index (χ0n) is 12.8. The Morgan fingerprint density at radius 3 is 2.68 bits per heavy atom. The first-order chi connectivity index (χ1) is 9.31. The van der Waals surface area contributed by atoms with E-state index in [0.29, 0.717) is 6.04 Å². The van der Waals surface area contributed by atoms with Crippen molar-refractivity contribution in [3.63, 3.8) is 0 Å². The molecule has 0 aliphatic carbocycles. The molecule has 1 aromatic heterocycles. The molecule has 0 aromatic carbocycles. The normalized spacial score (nSPS) is 12.8. The SMILES string of the molecule is CCCNC(CCC)c1ccn(CCOCCC)c1. The van der Waals surface area contributed by atoms with Crippen LogP contribution in [0.4, 0.5) is 0 Å². The Labute approximate surface area is 118 Å². The van der Waals surface area contributed by atoms with E-state index in [9.17, 15) is 0 Å². The summed E-state index contributed by atoms with van der Waals surface area (Å²) in [5, 5.41) is 3.63. The molecule has 1 aromatic rings. The molecule has 0 saturated carbocycles. The Kier molecular flexibility index (Phi) is 8.59. The van der Waals surface area contributed by atoms with E-state index in [4.69, 9.17) is 4.74 Å². The van der Waals surface area contributed by atoms with Crippen molar-refractivity contribution in [2.75, 3.05) is 19.8 Å². The third-order valence-corrected chi connectivity index (χ3v) is 3.24. The number of ether oxygens (including phenoxy) is 1. The number of rotatable bonds is 11. The summed E-state index contributed by atoms with van der Waals surface area (Å²) >= 11 is 0. The second-order valence-electron chi connectivity index (χ2n) is 5.09. The van der Waals surface area contributed by atoms with Crippen LogP contribution in [0.2, 0.25) is 0 Å². The van der Waals surface area contributed by atoms with E-state index in [1.807, 2.05) is 0 Å². The molecule has 3 heteroatoms. The van der Waals surface area contributed by atoms with Gasteiger partial charge in [-0.15, -0.1) is 0 Å². The lowest BCUT2D eigenvalue weighted by Gasteiger charge is -2.16. The molecule has 0 aliphatic rings. The van der Waals surface area contributed by atoms with E-state index in [1.165, 1.54) is 24.8 Å². The summed E-state index contributed by atoms with van der Waals surface area (Å²) in [5.41, 5.74) is 1.41. The van der Waals surface area contributed by atoms with Crippen molar-refractivity contribution in [1.82, 2.24) is 9.88 Å². The molecule has 0 spiro atoms. The largest absolute Gasteiger partial charge is 0.380 e. The van der Waals surface area contributed by atoms with Gasteiger partial charge in [-0.1, -0.05) is 27.2 Å². The third-order valence-electron chi connectivity index (χ3n) is 3.24. The Morgan fingerprint density at radius 1 is 1.16 bits per heavy atom. The minimum atomic E-state index is 0.503. The molecular formula is C16H30N2O. The van der Waals surface area contributed by atoms with Gasteiger partial charge in [0.1, 0.15) is 0 Å². The van der Waals surface area contributed by atoms with Crippen LogP contribution in [0.3, 0.4) is 0 Å². The van der Waals surface area contributed by atoms with Crippen molar-refractivity contribution >= 4 is 0 Å². The quantitative estimate of drug-likeness (QED) is 0.617. The average Bonchev–Trinajstić information content (AvgIpc) is 2.88. The highest BCUT2D eigenvalue weighted by Crippen LogP contribution is 2.18. The first kappa shape index (κ1) is 16.3.